The van der Waals surface area contributed by atoms with Crippen LogP contribution in [0.2, 0.25) is 0 Å². The molecule has 0 aliphatic rings. The fourth-order valence-electron chi connectivity index (χ4n) is 0.428. The molecule has 5 N–H and O–H groups in total. The number of nitrogens with two attached hydrogens (primary N) is 2. The van der Waals surface area contributed by atoms with Gasteiger partial charge < -0.3 is 5.11 Å². The molecule has 0 bridgehead atoms. The molecular weight excluding hydrogens is 152 g/mol. The smallest absolute Gasteiger partial charge is 0.115 e. The van der Waals surface area contributed by atoms with Gasteiger partial charge in [-0.1, -0.05) is 18.2 Å². The number of rotatable bonds is 0. The number of phenols is 1. The molecule has 0 amide bonds. The zero-order chi connectivity index (χ0) is 7.11. The monoisotopic (exact) mass is 162 g/mol. The van der Waals surface area contributed by atoms with Crippen molar-refractivity contribution in [3.05, 3.63) is 30.3 Å². The molecule has 0 aliphatic heterocycles. The number of hydrogen-bond acceptors (Lipinski definition) is 3. The molecule has 1 aromatic rings. The summed E-state index contributed by atoms with van der Waals surface area (Å²) in [5, 5.41) is 8.63. The predicted molar refractivity (Wildman–Crippen MR) is 43.7 cm³/mol. The molecule has 10 heavy (non-hydrogen) atoms. The van der Waals surface area contributed by atoms with Crippen LogP contribution < -0.4 is 11.7 Å². The van der Waals surface area contributed by atoms with Gasteiger partial charge in [-0.15, -0.1) is 12.4 Å². The minimum Gasteiger partial charge on any atom is -0.508 e. The van der Waals surface area contributed by atoms with Gasteiger partial charge >= 0.3 is 0 Å². The summed E-state index contributed by atoms with van der Waals surface area (Å²) < 4.78 is 0. The topological polar surface area (TPSA) is 72.3 Å². The van der Waals surface area contributed by atoms with E-state index < -0.39 is 0 Å². The van der Waals surface area contributed by atoms with Gasteiger partial charge in [-0.3, -0.25) is 11.7 Å². The van der Waals surface area contributed by atoms with Crippen LogP contribution in [0.1, 0.15) is 0 Å². The van der Waals surface area contributed by atoms with Gasteiger partial charge in [0, 0.05) is 0 Å². The lowest BCUT2D eigenvalue weighted by molar-refractivity contribution is 0.475. The first-order valence-corrected chi connectivity index (χ1v) is 2.47. The van der Waals surface area contributed by atoms with E-state index in [0.717, 1.165) is 0 Å². The second-order valence-corrected chi connectivity index (χ2v) is 1.34. The summed E-state index contributed by atoms with van der Waals surface area (Å²) in [5.41, 5.74) is 0. The van der Waals surface area contributed by atoms with Crippen LogP contribution in [0, 0.1) is 0 Å². The molecule has 3 nitrogen and oxygen atoms in total. The zero-order valence-electron chi connectivity index (χ0n) is 5.40. The maximum absolute atomic E-state index is 8.63. The van der Waals surface area contributed by atoms with E-state index in [0.29, 0.717) is 5.75 Å². The molecule has 0 fully saturated rings. The normalized spacial score (nSPS) is 6.60. The van der Waals surface area contributed by atoms with Gasteiger partial charge in [-0.05, 0) is 12.1 Å². The van der Waals surface area contributed by atoms with Gasteiger partial charge in [-0.25, -0.2) is 0 Å². The van der Waals surface area contributed by atoms with Gasteiger partial charge in [0.2, 0.25) is 0 Å². The summed E-state index contributed by atoms with van der Waals surface area (Å²) in [5.74, 6) is 8.32. The maximum atomic E-state index is 8.63. The van der Waals surface area contributed by atoms with E-state index in [1.54, 1.807) is 24.3 Å². The summed E-state index contributed by atoms with van der Waals surface area (Å²) in [6.45, 7) is 0. The Morgan fingerprint density at radius 3 is 1.60 bits per heavy atom. The Kier molecular flexibility index (Phi) is 9.84. The van der Waals surface area contributed by atoms with E-state index in [1.165, 1.54) is 0 Å². The van der Waals surface area contributed by atoms with Crippen molar-refractivity contribution in [1.82, 2.24) is 0 Å². The molecule has 1 aromatic carbocycles. The molecule has 0 atom stereocenters. The van der Waals surface area contributed by atoms with Gasteiger partial charge in [0.15, 0.2) is 0 Å². The van der Waals surface area contributed by atoms with E-state index in [4.69, 9.17) is 5.11 Å². The number of halogens is 1. The van der Waals surface area contributed by atoms with Crippen molar-refractivity contribution in [2.45, 2.75) is 0 Å². The summed E-state index contributed by atoms with van der Waals surface area (Å²) in [7, 11) is 0. The molecule has 0 radical (unpaired) electrons. The molecule has 1 rings (SSSR count). The Hall–Kier alpha value is -0.770. The average Bonchev–Trinajstić information content (AvgIpc) is 1.94. The average molecular weight is 163 g/mol. The van der Waals surface area contributed by atoms with Gasteiger partial charge in [0.1, 0.15) is 5.75 Å². The Balaban J connectivity index is 0. The standard InChI is InChI=1S/C6H6O.ClH.H4N2/c7-6-4-2-1-3-5-6;;1-2/h1-5,7H;1H;1-2H2. The third kappa shape index (κ3) is 5.37. The second kappa shape index (κ2) is 8.23. The number of hydrogen-bond donors (Lipinski definition) is 3. The first-order chi connectivity index (χ1) is 4.39. The highest BCUT2D eigenvalue weighted by Crippen LogP contribution is 2.02. The lowest BCUT2D eigenvalue weighted by Gasteiger charge is -1.82. The zero-order valence-corrected chi connectivity index (χ0v) is 6.21. The minimum atomic E-state index is 0. The van der Waals surface area contributed by atoms with Crippen molar-refractivity contribution in [2.75, 3.05) is 0 Å². The molecule has 4 heteroatoms. The number of benzene rings is 1. The van der Waals surface area contributed by atoms with Crippen molar-refractivity contribution in [3.63, 3.8) is 0 Å². The number of aromatic hydroxyl groups is 1. The van der Waals surface area contributed by atoms with Crippen LogP contribution in [0.25, 0.3) is 0 Å². The molecule has 0 unspecified atom stereocenters. The largest absolute Gasteiger partial charge is 0.508 e. The Labute approximate surface area is 66.0 Å². The van der Waals surface area contributed by atoms with Gasteiger partial charge in [0.25, 0.3) is 0 Å². The van der Waals surface area contributed by atoms with Crippen LogP contribution in [0.3, 0.4) is 0 Å². The molecule has 0 aromatic heterocycles. The number of para-hydroxylation sites is 1. The Bertz CT molecular complexity index is 146. The van der Waals surface area contributed by atoms with E-state index >= 15 is 0 Å². The van der Waals surface area contributed by atoms with Crippen LogP contribution in [0.15, 0.2) is 30.3 Å². The summed E-state index contributed by atoms with van der Waals surface area (Å²) >= 11 is 0. The van der Waals surface area contributed by atoms with Crippen LogP contribution in [-0.4, -0.2) is 5.11 Å². The molecule has 0 aliphatic carbocycles. The van der Waals surface area contributed by atoms with Crippen LogP contribution >= 0.6 is 12.4 Å². The first-order valence-electron chi connectivity index (χ1n) is 2.47. The first kappa shape index (κ1) is 12.0. The van der Waals surface area contributed by atoms with Gasteiger partial charge in [0.05, 0.1) is 0 Å². The Morgan fingerprint density at radius 2 is 1.40 bits per heavy atom. The fourth-order valence-corrected chi connectivity index (χ4v) is 0.428. The molecule has 0 spiro atoms. The van der Waals surface area contributed by atoms with Crippen molar-refractivity contribution < 1.29 is 5.11 Å². The fraction of sp³-hybridized carbons (Fsp3) is 0. The van der Waals surface area contributed by atoms with Crippen LogP contribution in [-0.2, 0) is 0 Å². The highest BCUT2D eigenvalue weighted by molar-refractivity contribution is 5.85. The number of phenolic OH excluding ortho intramolecular Hbond substituents is 1. The molecule has 0 saturated heterocycles. The molecule has 0 saturated carbocycles. The highest BCUT2D eigenvalue weighted by Gasteiger charge is 1.74. The summed E-state index contributed by atoms with van der Waals surface area (Å²) in [6.07, 6.45) is 0. The summed E-state index contributed by atoms with van der Waals surface area (Å²) in [6, 6.07) is 8.71. The van der Waals surface area contributed by atoms with Gasteiger partial charge in [-0.2, -0.15) is 0 Å². The van der Waals surface area contributed by atoms with Crippen molar-refractivity contribution in [3.8, 4) is 5.75 Å². The Morgan fingerprint density at radius 1 is 1.00 bits per heavy atom. The van der Waals surface area contributed by atoms with Crippen molar-refractivity contribution in [2.24, 2.45) is 11.7 Å². The van der Waals surface area contributed by atoms with Crippen LogP contribution in [0.4, 0.5) is 0 Å². The molecule has 58 valence electrons. The lowest BCUT2D eigenvalue weighted by atomic mass is 10.3. The maximum Gasteiger partial charge on any atom is 0.115 e. The van der Waals surface area contributed by atoms with Crippen LogP contribution in [0.5, 0.6) is 5.75 Å². The SMILES string of the molecule is Cl.NN.Oc1ccccc1. The van der Waals surface area contributed by atoms with E-state index in [1.807, 2.05) is 6.07 Å². The van der Waals surface area contributed by atoms with Crippen molar-refractivity contribution >= 4 is 12.4 Å². The van der Waals surface area contributed by atoms with E-state index in [2.05, 4.69) is 11.7 Å². The highest BCUT2D eigenvalue weighted by atomic mass is 35.5. The van der Waals surface area contributed by atoms with Crippen molar-refractivity contribution in [1.29, 1.82) is 0 Å². The number of hydrazine groups is 1. The predicted octanol–water partition coefficient (Wildman–Crippen LogP) is 0.633. The third-order valence-electron chi connectivity index (χ3n) is 0.756. The lowest BCUT2D eigenvalue weighted by Crippen LogP contribution is -2.02. The molecular formula is C6H11ClN2O. The van der Waals surface area contributed by atoms with E-state index in [9.17, 15) is 0 Å². The minimum absolute atomic E-state index is 0. The second-order valence-electron chi connectivity index (χ2n) is 1.34. The quantitative estimate of drug-likeness (QED) is 0.387. The third-order valence-corrected chi connectivity index (χ3v) is 0.756. The summed E-state index contributed by atoms with van der Waals surface area (Å²) in [4.78, 5) is 0. The van der Waals surface area contributed by atoms with E-state index in [-0.39, 0.29) is 12.4 Å². The molecule has 0 heterocycles.